The lowest BCUT2D eigenvalue weighted by Gasteiger charge is -2.20. The molecule has 0 radical (unpaired) electrons. The summed E-state index contributed by atoms with van der Waals surface area (Å²) in [5.74, 6) is 0.0335. The highest BCUT2D eigenvalue weighted by atomic mass is 16.5. The first-order chi connectivity index (χ1) is 6.13. The van der Waals surface area contributed by atoms with E-state index in [0.29, 0.717) is 13.2 Å². The molecule has 0 saturated carbocycles. The fraction of sp³-hybridized carbons (Fsp3) is 0.889. The summed E-state index contributed by atoms with van der Waals surface area (Å²) in [4.78, 5) is 13.2. The number of ether oxygens (including phenoxy) is 1. The van der Waals surface area contributed by atoms with E-state index < -0.39 is 0 Å². The number of methoxy groups -OCH3 is 1. The lowest BCUT2D eigenvalue weighted by atomic mass is 10.1. The Morgan fingerprint density at radius 1 is 1.62 bits per heavy atom. The predicted octanol–water partition coefficient (Wildman–Crippen LogP) is 0.0761. The minimum absolute atomic E-state index is 0.0763. The maximum absolute atomic E-state index is 11.5. The van der Waals surface area contributed by atoms with Crippen molar-refractivity contribution in [3.8, 4) is 0 Å². The molecule has 0 rings (SSSR count). The molecule has 4 heteroatoms. The quantitative estimate of drug-likeness (QED) is 0.600. The van der Waals surface area contributed by atoms with Crippen molar-refractivity contribution in [3.63, 3.8) is 0 Å². The van der Waals surface area contributed by atoms with Gasteiger partial charge in [0.15, 0.2) is 0 Å². The van der Waals surface area contributed by atoms with Gasteiger partial charge in [-0.2, -0.15) is 0 Å². The maximum Gasteiger partial charge on any atom is 0.226 e. The van der Waals surface area contributed by atoms with Crippen molar-refractivity contribution in [2.75, 3.05) is 33.9 Å². The summed E-state index contributed by atoms with van der Waals surface area (Å²) < 4.78 is 4.90. The van der Waals surface area contributed by atoms with E-state index >= 15 is 0 Å². The Labute approximate surface area is 80.0 Å². The fourth-order valence-electron chi connectivity index (χ4n) is 1.03. The molecule has 1 unspecified atom stereocenters. The molecule has 78 valence electrons. The number of hydrogen-bond donors (Lipinski definition) is 1. The molecule has 0 saturated heterocycles. The molecule has 0 aliphatic carbocycles. The number of carbonyl (C=O) groups is 1. The fourth-order valence-corrected chi connectivity index (χ4v) is 1.03. The minimum Gasteiger partial charge on any atom is -0.385 e. The zero-order valence-corrected chi connectivity index (χ0v) is 8.75. The summed E-state index contributed by atoms with van der Waals surface area (Å²) in [6.45, 7) is 3.67. The topological polar surface area (TPSA) is 55.6 Å². The maximum atomic E-state index is 11.5. The van der Waals surface area contributed by atoms with Gasteiger partial charge in [-0.05, 0) is 6.42 Å². The Morgan fingerprint density at radius 2 is 2.23 bits per heavy atom. The van der Waals surface area contributed by atoms with E-state index in [4.69, 9.17) is 10.5 Å². The number of amides is 1. The number of nitrogens with zero attached hydrogens (tertiary/aromatic N) is 1. The molecule has 0 bridgehead atoms. The van der Waals surface area contributed by atoms with Crippen LogP contribution in [0.4, 0.5) is 0 Å². The minimum atomic E-state index is -0.0763. The van der Waals surface area contributed by atoms with E-state index in [1.54, 1.807) is 19.1 Å². The van der Waals surface area contributed by atoms with Gasteiger partial charge in [0.25, 0.3) is 0 Å². The average Bonchev–Trinajstić information content (AvgIpc) is 2.15. The lowest BCUT2D eigenvalue weighted by Crippen LogP contribution is -2.35. The third-order valence-electron chi connectivity index (χ3n) is 1.99. The average molecular weight is 188 g/mol. The van der Waals surface area contributed by atoms with Crippen molar-refractivity contribution >= 4 is 5.91 Å². The third-order valence-corrected chi connectivity index (χ3v) is 1.99. The Bertz CT molecular complexity index is 151. The number of nitrogens with two attached hydrogens (primary N) is 1. The lowest BCUT2D eigenvalue weighted by molar-refractivity contribution is -0.133. The van der Waals surface area contributed by atoms with Crippen LogP contribution in [0.5, 0.6) is 0 Å². The SMILES string of the molecule is COCCCN(C)C(=O)C(C)CN. The van der Waals surface area contributed by atoms with Crippen LogP contribution in [0.25, 0.3) is 0 Å². The van der Waals surface area contributed by atoms with Crippen LogP contribution in [-0.2, 0) is 9.53 Å². The molecular formula is C9H20N2O2. The van der Waals surface area contributed by atoms with E-state index in [-0.39, 0.29) is 11.8 Å². The van der Waals surface area contributed by atoms with Crippen LogP contribution in [0.15, 0.2) is 0 Å². The van der Waals surface area contributed by atoms with Gasteiger partial charge in [0.05, 0.1) is 0 Å². The van der Waals surface area contributed by atoms with Crippen LogP contribution in [0, 0.1) is 5.92 Å². The molecule has 4 nitrogen and oxygen atoms in total. The second kappa shape index (κ2) is 6.86. The highest BCUT2D eigenvalue weighted by molar-refractivity contribution is 5.78. The van der Waals surface area contributed by atoms with Crippen LogP contribution in [0.1, 0.15) is 13.3 Å². The van der Waals surface area contributed by atoms with Crippen LogP contribution >= 0.6 is 0 Å². The van der Waals surface area contributed by atoms with E-state index in [2.05, 4.69) is 0 Å². The van der Waals surface area contributed by atoms with E-state index in [0.717, 1.165) is 13.0 Å². The largest absolute Gasteiger partial charge is 0.385 e. The molecule has 0 aromatic heterocycles. The summed E-state index contributed by atoms with van der Waals surface area (Å²) in [5.41, 5.74) is 5.39. The van der Waals surface area contributed by atoms with E-state index in [9.17, 15) is 4.79 Å². The smallest absolute Gasteiger partial charge is 0.226 e. The predicted molar refractivity (Wildman–Crippen MR) is 52.3 cm³/mol. The molecule has 0 heterocycles. The molecule has 13 heavy (non-hydrogen) atoms. The molecule has 2 N–H and O–H groups in total. The Morgan fingerprint density at radius 3 is 2.69 bits per heavy atom. The summed E-state index contributed by atoms with van der Waals surface area (Å²) in [5, 5.41) is 0. The normalized spacial score (nSPS) is 12.6. The molecule has 0 spiro atoms. The van der Waals surface area contributed by atoms with E-state index in [1.807, 2.05) is 6.92 Å². The van der Waals surface area contributed by atoms with Crippen molar-refractivity contribution in [2.24, 2.45) is 11.7 Å². The van der Waals surface area contributed by atoms with Gasteiger partial charge in [0, 0.05) is 39.8 Å². The molecular weight excluding hydrogens is 168 g/mol. The molecule has 0 aliphatic rings. The third kappa shape index (κ3) is 4.85. The van der Waals surface area contributed by atoms with Crippen molar-refractivity contribution < 1.29 is 9.53 Å². The second-order valence-corrected chi connectivity index (χ2v) is 3.24. The highest BCUT2D eigenvalue weighted by Crippen LogP contribution is 1.99. The molecule has 0 aliphatic heterocycles. The van der Waals surface area contributed by atoms with Crippen LogP contribution in [0.2, 0.25) is 0 Å². The highest BCUT2D eigenvalue weighted by Gasteiger charge is 2.14. The zero-order valence-electron chi connectivity index (χ0n) is 8.75. The van der Waals surface area contributed by atoms with Crippen molar-refractivity contribution in [2.45, 2.75) is 13.3 Å². The number of carbonyl (C=O) groups excluding carboxylic acids is 1. The molecule has 1 atom stereocenters. The Kier molecular flexibility index (Phi) is 6.54. The molecule has 0 aromatic carbocycles. The Balaban J connectivity index is 3.69. The van der Waals surface area contributed by atoms with Gasteiger partial charge in [-0.1, -0.05) is 6.92 Å². The second-order valence-electron chi connectivity index (χ2n) is 3.24. The van der Waals surface area contributed by atoms with Gasteiger partial charge in [-0.3, -0.25) is 4.79 Å². The molecule has 0 aromatic rings. The number of rotatable bonds is 6. The molecule has 1 amide bonds. The van der Waals surface area contributed by atoms with Crippen LogP contribution < -0.4 is 5.73 Å². The first kappa shape index (κ1) is 12.4. The van der Waals surface area contributed by atoms with Crippen molar-refractivity contribution in [3.05, 3.63) is 0 Å². The van der Waals surface area contributed by atoms with Gasteiger partial charge in [0.1, 0.15) is 0 Å². The summed E-state index contributed by atoms with van der Waals surface area (Å²) in [6, 6.07) is 0. The van der Waals surface area contributed by atoms with Crippen molar-refractivity contribution in [1.29, 1.82) is 0 Å². The first-order valence-electron chi connectivity index (χ1n) is 4.57. The number of hydrogen-bond acceptors (Lipinski definition) is 3. The summed E-state index contributed by atoms with van der Waals surface area (Å²) >= 11 is 0. The monoisotopic (exact) mass is 188 g/mol. The molecule has 0 fully saturated rings. The Hall–Kier alpha value is -0.610. The van der Waals surface area contributed by atoms with Gasteiger partial charge in [0.2, 0.25) is 5.91 Å². The van der Waals surface area contributed by atoms with Crippen molar-refractivity contribution in [1.82, 2.24) is 4.90 Å². The van der Waals surface area contributed by atoms with Gasteiger partial charge >= 0.3 is 0 Å². The zero-order chi connectivity index (χ0) is 10.3. The van der Waals surface area contributed by atoms with E-state index in [1.165, 1.54) is 0 Å². The first-order valence-corrected chi connectivity index (χ1v) is 4.57. The van der Waals surface area contributed by atoms with Crippen LogP contribution in [-0.4, -0.2) is 44.7 Å². The summed E-state index contributed by atoms with van der Waals surface area (Å²) in [7, 11) is 3.45. The van der Waals surface area contributed by atoms with Crippen LogP contribution in [0.3, 0.4) is 0 Å². The van der Waals surface area contributed by atoms with Gasteiger partial charge in [-0.15, -0.1) is 0 Å². The summed E-state index contributed by atoms with van der Waals surface area (Å²) in [6.07, 6.45) is 0.871. The standard InChI is InChI=1S/C9H20N2O2/c1-8(7-10)9(12)11(2)5-4-6-13-3/h8H,4-7,10H2,1-3H3. The van der Waals surface area contributed by atoms with Gasteiger partial charge < -0.3 is 15.4 Å². The van der Waals surface area contributed by atoms with Gasteiger partial charge in [-0.25, -0.2) is 0 Å².